The molecule has 1 atom stereocenters. The van der Waals surface area contributed by atoms with Gasteiger partial charge in [-0.3, -0.25) is 9.69 Å². The number of amides is 1. The van der Waals surface area contributed by atoms with Crippen LogP contribution in [0, 0.1) is 0 Å². The van der Waals surface area contributed by atoms with Gasteiger partial charge in [-0.15, -0.1) is 0 Å². The maximum atomic E-state index is 12.0. The monoisotopic (exact) mass is 346 g/mol. The summed E-state index contributed by atoms with van der Waals surface area (Å²) >= 11 is 6.06. The summed E-state index contributed by atoms with van der Waals surface area (Å²) in [5, 5.41) is 12.9. The first-order chi connectivity index (χ1) is 11.6. The van der Waals surface area contributed by atoms with Gasteiger partial charge in [0.25, 0.3) is 0 Å². The first-order valence-corrected chi connectivity index (χ1v) is 8.20. The number of aliphatic hydroxyl groups is 1. The van der Waals surface area contributed by atoms with Crippen molar-refractivity contribution >= 4 is 23.2 Å². The van der Waals surface area contributed by atoms with Crippen LogP contribution in [0.2, 0.25) is 5.02 Å². The number of nitrogens with zero attached hydrogens (tertiary/aromatic N) is 1. The fourth-order valence-corrected chi connectivity index (χ4v) is 2.79. The molecule has 0 saturated carbocycles. The summed E-state index contributed by atoms with van der Waals surface area (Å²) in [7, 11) is 0. The summed E-state index contributed by atoms with van der Waals surface area (Å²) in [5.74, 6) is 1.14. The standard InChI is InChI=1S/C18H19ClN2O3/c19-16-3-1-2-4-17(16)24-15-7-5-13(6-8-15)20-18(23)12-21-10-9-14(22)11-21/h1-8,14,22H,9-12H2,(H,20,23)/t14-/m0/s1. The quantitative estimate of drug-likeness (QED) is 0.873. The van der Waals surface area contributed by atoms with Crippen molar-refractivity contribution in [3.8, 4) is 11.5 Å². The van der Waals surface area contributed by atoms with Gasteiger partial charge in [-0.2, -0.15) is 0 Å². The predicted octanol–water partition coefficient (Wildman–Crippen LogP) is 3.14. The molecule has 1 aliphatic rings. The second-order valence-corrected chi connectivity index (χ2v) is 6.19. The van der Waals surface area contributed by atoms with E-state index in [0.29, 0.717) is 28.8 Å². The molecule has 1 fully saturated rings. The number of nitrogens with one attached hydrogen (secondary N) is 1. The number of rotatable bonds is 5. The minimum Gasteiger partial charge on any atom is -0.456 e. The Balaban J connectivity index is 1.54. The molecule has 0 aromatic heterocycles. The number of carbonyl (C=O) groups excluding carboxylic acids is 1. The van der Waals surface area contributed by atoms with Crippen LogP contribution in [0.3, 0.4) is 0 Å². The highest BCUT2D eigenvalue weighted by Gasteiger charge is 2.21. The number of halogens is 1. The van der Waals surface area contributed by atoms with Gasteiger partial charge in [0.05, 0.1) is 17.7 Å². The summed E-state index contributed by atoms with van der Waals surface area (Å²) in [4.78, 5) is 14.0. The zero-order valence-corrected chi connectivity index (χ0v) is 13.9. The number of benzene rings is 2. The van der Waals surface area contributed by atoms with Crippen LogP contribution in [0.1, 0.15) is 6.42 Å². The lowest BCUT2D eigenvalue weighted by Gasteiger charge is -2.14. The summed E-state index contributed by atoms with van der Waals surface area (Å²) in [6.45, 7) is 1.59. The molecule has 0 bridgehead atoms. The molecule has 1 amide bonds. The highest BCUT2D eigenvalue weighted by molar-refractivity contribution is 6.32. The molecular formula is C18H19ClN2O3. The number of aliphatic hydroxyl groups excluding tert-OH is 1. The van der Waals surface area contributed by atoms with Gasteiger partial charge in [-0.05, 0) is 42.8 Å². The van der Waals surface area contributed by atoms with E-state index < -0.39 is 0 Å². The molecule has 126 valence electrons. The Morgan fingerprint density at radius 2 is 2.00 bits per heavy atom. The minimum absolute atomic E-state index is 0.0936. The zero-order valence-electron chi connectivity index (χ0n) is 13.1. The molecule has 0 aliphatic carbocycles. The van der Waals surface area contributed by atoms with Crippen molar-refractivity contribution in [2.75, 3.05) is 25.0 Å². The average Bonchev–Trinajstić information content (AvgIpc) is 2.96. The van der Waals surface area contributed by atoms with Crippen LogP contribution in [-0.4, -0.2) is 41.7 Å². The van der Waals surface area contributed by atoms with Crippen LogP contribution >= 0.6 is 11.6 Å². The first-order valence-electron chi connectivity index (χ1n) is 7.83. The van der Waals surface area contributed by atoms with Crippen molar-refractivity contribution in [1.29, 1.82) is 0 Å². The molecule has 3 rings (SSSR count). The number of para-hydroxylation sites is 1. The molecule has 2 N–H and O–H groups in total. The topological polar surface area (TPSA) is 61.8 Å². The molecule has 5 nitrogen and oxygen atoms in total. The number of carbonyl (C=O) groups is 1. The third-order valence-corrected chi connectivity index (χ3v) is 4.13. The highest BCUT2D eigenvalue weighted by atomic mass is 35.5. The number of likely N-dealkylation sites (tertiary alicyclic amines) is 1. The van der Waals surface area contributed by atoms with E-state index in [4.69, 9.17) is 16.3 Å². The van der Waals surface area contributed by atoms with E-state index in [0.717, 1.165) is 13.0 Å². The molecule has 2 aromatic carbocycles. The highest BCUT2D eigenvalue weighted by Crippen LogP contribution is 2.29. The molecule has 1 heterocycles. The van der Waals surface area contributed by atoms with Crippen LogP contribution in [0.25, 0.3) is 0 Å². The SMILES string of the molecule is O=C(CN1CC[C@H](O)C1)Nc1ccc(Oc2ccccc2Cl)cc1. The van der Waals surface area contributed by atoms with Crippen molar-refractivity contribution in [1.82, 2.24) is 4.90 Å². The Labute approximate surface area is 145 Å². The summed E-state index contributed by atoms with van der Waals surface area (Å²) in [5.41, 5.74) is 0.700. The fraction of sp³-hybridized carbons (Fsp3) is 0.278. The Morgan fingerprint density at radius 1 is 1.25 bits per heavy atom. The summed E-state index contributed by atoms with van der Waals surface area (Å²) < 4.78 is 5.71. The Bertz CT molecular complexity index is 706. The van der Waals surface area contributed by atoms with E-state index in [1.807, 2.05) is 17.0 Å². The van der Waals surface area contributed by atoms with Crippen LogP contribution in [0.15, 0.2) is 48.5 Å². The lowest BCUT2D eigenvalue weighted by Crippen LogP contribution is -2.32. The molecule has 0 spiro atoms. The Kier molecular flexibility index (Phi) is 5.35. The normalized spacial score (nSPS) is 17.7. The van der Waals surface area contributed by atoms with Gasteiger partial charge in [-0.1, -0.05) is 23.7 Å². The van der Waals surface area contributed by atoms with Crippen molar-refractivity contribution < 1.29 is 14.6 Å². The Morgan fingerprint density at radius 3 is 2.67 bits per heavy atom. The van der Waals surface area contributed by atoms with E-state index in [9.17, 15) is 9.90 Å². The van der Waals surface area contributed by atoms with Crippen molar-refractivity contribution in [2.24, 2.45) is 0 Å². The maximum Gasteiger partial charge on any atom is 0.238 e. The second-order valence-electron chi connectivity index (χ2n) is 5.78. The smallest absolute Gasteiger partial charge is 0.238 e. The molecule has 0 unspecified atom stereocenters. The average molecular weight is 347 g/mol. The van der Waals surface area contributed by atoms with E-state index in [-0.39, 0.29) is 18.6 Å². The Hall–Kier alpha value is -2.08. The van der Waals surface area contributed by atoms with Crippen LogP contribution < -0.4 is 10.1 Å². The summed E-state index contributed by atoms with van der Waals surface area (Å²) in [6, 6.07) is 14.4. The van der Waals surface area contributed by atoms with Gasteiger partial charge >= 0.3 is 0 Å². The second kappa shape index (κ2) is 7.66. The van der Waals surface area contributed by atoms with Gasteiger partial charge in [-0.25, -0.2) is 0 Å². The molecule has 2 aromatic rings. The fourth-order valence-electron chi connectivity index (χ4n) is 2.62. The molecule has 6 heteroatoms. The number of β-amino-alcohol motifs (C(OH)–C–C–N with tert-alkyl or cyclic N) is 1. The van der Waals surface area contributed by atoms with Gasteiger partial charge in [0.1, 0.15) is 11.5 Å². The lowest BCUT2D eigenvalue weighted by atomic mass is 10.3. The van der Waals surface area contributed by atoms with Crippen LogP contribution in [-0.2, 0) is 4.79 Å². The largest absolute Gasteiger partial charge is 0.456 e. The molecular weight excluding hydrogens is 328 g/mol. The van der Waals surface area contributed by atoms with Gasteiger partial charge in [0.2, 0.25) is 5.91 Å². The van der Waals surface area contributed by atoms with Gasteiger partial charge in [0.15, 0.2) is 0 Å². The number of hydrogen-bond donors (Lipinski definition) is 2. The number of ether oxygens (including phenoxy) is 1. The first kappa shape index (κ1) is 16.8. The predicted molar refractivity (Wildman–Crippen MR) is 93.7 cm³/mol. The van der Waals surface area contributed by atoms with E-state index in [1.165, 1.54) is 0 Å². The zero-order chi connectivity index (χ0) is 16.9. The molecule has 24 heavy (non-hydrogen) atoms. The number of hydrogen-bond acceptors (Lipinski definition) is 4. The van der Waals surface area contributed by atoms with Crippen LogP contribution in [0.4, 0.5) is 5.69 Å². The van der Waals surface area contributed by atoms with Gasteiger partial charge in [0, 0.05) is 18.8 Å². The molecule has 1 aliphatic heterocycles. The molecule has 1 saturated heterocycles. The minimum atomic E-state index is -0.320. The maximum absolute atomic E-state index is 12.0. The lowest BCUT2D eigenvalue weighted by molar-refractivity contribution is -0.117. The number of anilines is 1. The molecule has 0 radical (unpaired) electrons. The van der Waals surface area contributed by atoms with E-state index in [2.05, 4.69) is 5.32 Å². The third kappa shape index (κ3) is 4.47. The van der Waals surface area contributed by atoms with Crippen molar-refractivity contribution in [3.63, 3.8) is 0 Å². The van der Waals surface area contributed by atoms with Crippen molar-refractivity contribution in [3.05, 3.63) is 53.6 Å². The summed E-state index contributed by atoms with van der Waals surface area (Å²) in [6.07, 6.45) is 0.403. The van der Waals surface area contributed by atoms with E-state index >= 15 is 0 Å². The van der Waals surface area contributed by atoms with E-state index in [1.54, 1.807) is 36.4 Å². The van der Waals surface area contributed by atoms with Gasteiger partial charge < -0.3 is 15.2 Å². The third-order valence-electron chi connectivity index (χ3n) is 3.82. The van der Waals surface area contributed by atoms with Crippen molar-refractivity contribution in [2.45, 2.75) is 12.5 Å². The van der Waals surface area contributed by atoms with Crippen LogP contribution in [0.5, 0.6) is 11.5 Å².